The van der Waals surface area contributed by atoms with Crippen molar-refractivity contribution in [1.82, 2.24) is 15.0 Å². The summed E-state index contributed by atoms with van der Waals surface area (Å²) in [4.78, 5) is 30.8. The number of fused-ring (bicyclic) bond motifs is 1. The molecule has 26 heavy (non-hydrogen) atoms. The zero-order valence-corrected chi connectivity index (χ0v) is 15.8. The van der Waals surface area contributed by atoms with Gasteiger partial charge in [-0.05, 0) is 32.9 Å². The predicted octanol–water partition coefficient (Wildman–Crippen LogP) is 3.11. The Bertz CT molecular complexity index is 910. The van der Waals surface area contributed by atoms with Gasteiger partial charge in [0.1, 0.15) is 16.3 Å². The highest BCUT2D eigenvalue weighted by Gasteiger charge is 2.26. The third kappa shape index (κ3) is 3.60. The minimum Gasteiger partial charge on any atom is -0.449 e. The van der Waals surface area contributed by atoms with Crippen LogP contribution >= 0.6 is 11.3 Å². The lowest BCUT2D eigenvalue weighted by Gasteiger charge is -2.20. The second-order valence-electron chi connectivity index (χ2n) is 6.02. The van der Waals surface area contributed by atoms with E-state index in [9.17, 15) is 9.59 Å². The van der Waals surface area contributed by atoms with Crippen LogP contribution in [0.5, 0.6) is 0 Å². The standard InChI is InChI=1S/C18H19N3O4S/c1-10-16(11(2)25-20-10)18(23)24-12(3)17(22)21(4)9-15-19-13-7-5-6-8-14(13)26-15/h5-8,12H,9H2,1-4H3. The number of amides is 1. The van der Waals surface area contributed by atoms with Crippen LogP contribution in [0.25, 0.3) is 10.2 Å². The van der Waals surface area contributed by atoms with Gasteiger partial charge in [-0.15, -0.1) is 11.3 Å². The molecule has 0 saturated heterocycles. The SMILES string of the molecule is Cc1noc(C)c1C(=O)OC(C)C(=O)N(C)Cc1nc2ccccc2s1. The van der Waals surface area contributed by atoms with Crippen LogP contribution in [0.4, 0.5) is 0 Å². The van der Waals surface area contributed by atoms with Crippen molar-refractivity contribution < 1.29 is 18.8 Å². The third-order valence-corrected chi connectivity index (χ3v) is 4.98. The summed E-state index contributed by atoms with van der Waals surface area (Å²) >= 11 is 1.54. The lowest BCUT2D eigenvalue weighted by atomic mass is 10.2. The minimum atomic E-state index is -0.921. The van der Waals surface area contributed by atoms with E-state index >= 15 is 0 Å². The Morgan fingerprint density at radius 1 is 1.31 bits per heavy atom. The van der Waals surface area contributed by atoms with E-state index in [1.807, 2.05) is 24.3 Å². The number of carbonyl (C=O) groups excluding carboxylic acids is 2. The number of hydrogen-bond acceptors (Lipinski definition) is 7. The lowest BCUT2D eigenvalue weighted by molar-refractivity contribution is -0.139. The lowest BCUT2D eigenvalue weighted by Crippen LogP contribution is -2.37. The molecular weight excluding hydrogens is 354 g/mol. The smallest absolute Gasteiger partial charge is 0.344 e. The van der Waals surface area contributed by atoms with Crippen molar-refractivity contribution in [2.24, 2.45) is 0 Å². The molecule has 0 aliphatic heterocycles. The van der Waals surface area contributed by atoms with E-state index in [1.165, 1.54) is 16.2 Å². The van der Waals surface area contributed by atoms with Gasteiger partial charge >= 0.3 is 5.97 Å². The quantitative estimate of drug-likeness (QED) is 0.639. The highest BCUT2D eigenvalue weighted by molar-refractivity contribution is 7.18. The van der Waals surface area contributed by atoms with Gasteiger partial charge < -0.3 is 14.2 Å². The van der Waals surface area contributed by atoms with Crippen LogP contribution in [-0.2, 0) is 16.1 Å². The molecule has 0 aliphatic rings. The molecule has 3 rings (SSSR count). The maximum Gasteiger partial charge on any atom is 0.344 e. The number of aryl methyl sites for hydroxylation is 2. The number of ether oxygens (including phenoxy) is 1. The molecule has 0 aliphatic carbocycles. The number of para-hydroxylation sites is 1. The fourth-order valence-electron chi connectivity index (χ4n) is 2.62. The van der Waals surface area contributed by atoms with E-state index in [-0.39, 0.29) is 11.5 Å². The van der Waals surface area contributed by atoms with Crippen molar-refractivity contribution in [1.29, 1.82) is 0 Å². The number of benzene rings is 1. The van der Waals surface area contributed by atoms with Gasteiger partial charge in [-0.25, -0.2) is 9.78 Å². The Morgan fingerprint density at radius 3 is 2.69 bits per heavy atom. The summed E-state index contributed by atoms with van der Waals surface area (Å²) in [6.07, 6.45) is -0.921. The molecule has 1 aromatic carbocycles. The fraction of sp³-hybridized carbons (Fsp3) is 0.333. The monoisotopic (exact) mass is 373 g/mol. The minimum absolute atomic E-state index is 0.262. The fourth-order valence-corrected chi connectivity index (χ4v) is 3.64. The molecule has 0 radical (unpaired) electrons. The Hall–Kier alpha value is -2.74. The van der Waals surface area contributed by atoms with Crippen molar-refractivity contribution in [3.05, 3.63) is 46.3 Å². The van der Waals surface area contributed by atoms with Crippen LogP contribution < -0.4 is 0 Å². The molecule has 2 heterocycles. The number of aromatic nitrogens is 2. The van der Waals surface area contributed by atoms with E-state index in [0.29, 0.717) is 18.0 Å². The largest absolute Gasteiger partial charge is 0.449 e. The van der Waals surface area contributed by atoms with E-state index in [2.05, 4.69) is 10.1 Å². The first-order valence-corrected chi connectivity index (χ1v) is 8.91. The van der Waals surface area contributed by atoms with Crippen LogP contribution in [0.2, 0.25) is 0 Å². The highest BCUT2D eigenvalue weighted by Crippen LogP contribution is 2.22. The predicted molar refractivity (Wildman–Crippen MR) is 96.9 cm³/mol. The van der Waals surface area contributed by atoms with Crippen molar-refractivity contribution in [3.8, 4) is 0 Å². The highest BCUT2D eigenvalue weighted by atomic mass is 32.1. The topological polar surface area (TPSA) is 85.5 Å². The number of hydrogen-bond donors (Lipinski definition) is 0. The summed E-state index contributed by atoms with van der Waals surface area (Å²) in [6.45, 7) is 5.18. The van der Waals surface area contributed by atoms with E-state index in [1.54, 1.807) is 27.8 Å². The normalized spacial score (nSPS) is 12.2. The number of likely N-dealkylation sites (N-methyl/N-ethyl adjacent to an activating group) is 1. The second kappa shape index (κ2) is 7.25. The number of thiazole rings is 1. The first-order valence-electron chi connectivity index (χ1n) is 8.10. The Kier molecular flexibility index (Phi) is 5.03. The molecule has 3 aromatic rings. The molecule has 0 fully saturated rings. The molecule has 7 nitrogen and oxygen atoms in total. The number of esters is 1. The van der Waals surface area contributed by atoms with Gasteiger partial charge in [0, 0.05) is 7.05 Å². The molecule has 136 valence electrons. The van der Waals surface area contributed by atoms with Crippen molar-refractivity contribution in [3.63, 3.8) is 0 Å². The molecule has 0 bridgehead atoms. The zero-order chi connectivity index (χ0) is 18.8. The first-order chi connectivity index (χ1) is 12.4. The summed E-state index contributed by atoms with van der Waals surface area (Å²) in [7, 11) is 1.66. The number of nitrogens with zero attached hydrogens (tertiary/aromatic N) is 3. The molecule has 0 spiro atoms. The van der Waals surface area contributed by atoms with Crippen molar-refractivity contribution in [2.75, 3.05) is 7.05 Å². The molecule has 1 unspecified atom stereocenters. The molecule has 2 aromatic heterocycles. The van der Waals surface area contributed by atoms with Gasteiger partial charge in [-0.3, -0.25) is 4.79 Å². The first kappa shape index (κ1) is 18.1. The average molecular weight is 373 g/mol. The van der Waals surface area contributed by atoms with Gasteiger partial charge in [-0.1, -0.05) is 17.3 Å². The number of carbonyl (C=O) groups is 2. The Balaban J connectivity index is 1.64. The van der Waals surface area contributed by atoms with Gasteiger partial charge in [0.25, 0.3) is 5.91 Å². The molecule has 1 amide bonds. The summed E-state index contributed by atoms with van der Waals surface area (Å²) in [5.41, 5.74) is 1.61. The maximum atomic E-state index is 12.5. The molecule has 0 N–H and O–H groups in total. The summed E-state index contributed by atoms with van der Waals surface area (Å²) in [5.74, 6) is -0.546. The maximum absolute atomic E-state index is 12.5. The van der Waals surface area contributed by atoms with Crippen LogP contribution in [0, 0.1) is 13.8 Å². The zero-order valence-electron chi connectivity index (χ0n) is 15.0. The van der Waals surface area contributed by atoms with Gasteiger partial charge in [0.2, 0.25) is 0 Å². The van der Waals surface area contributed by atoms with Crippen LogP contribution in [0.1, 0.15) is 33.7 Å². The van der Waals surface area contributed by atoms with E-state index in [4.69, 9.17) is 9.26 Å². The van der Waals surface area contributed by atoms with E-state index < -0.39 is 12.1 Å². The summed E-state index contributed by atoms with van der Waals surface area (Å²) in [6, 6.07) is 7.81. The van der Waals surface area contributed by atoms with Crippen LogP contribution in [-0.4, -0.2) is 40.1 Å². The third-order valence-electron chi connectivity index (χ3n) is 3.96. The Morgan fingerprint density at radius 2 is 2.04 bits per heavy atom. The molecule has 1 atom stereocenters. The Labute approximate surface area is 154 Å². The van der Waals surface area contributed by atoms with Crippen LogP contribution in [0.3, 0.4) is 0 Å². The summed E-state index contributed by atoms with van der Waals surface area (Å²) < 4.78 is 11.3. The second-order valence-corrected chi connectivity index (χ2v) is 7.13. The molecular formula is C18H19N3O4S. The number of rotatable bonds is 5. The van der Waals surface area contributed by atoms with Gasteiger partial charge in [0.05, 0.1) is 22.5 Å². The summed E-state index contributed by atoms with van der Waals surface area (Å²) in [5, 5.41) is 4.55. The van der Waals surface area contributed by atoms with Crippen LogP contribution in [0.15, 0.2) is 28.8 Å². The van der Waals surface area contributed by atoms with E-state index in [0.717, 1.165) is 15.2 Å². The van der Waals surface area contributed by atoms with Gasteiger partial charge in [0.15, 0.2) is 6.10 Å². The average Bonchev–Trinajstić information content (AvgIpc) is 3.16. The molecule has 0 saturated carbocycles. The molecule has 8 heteroatoms. The van der Waals surface area contributed by atoms with Crippen molar-refractivity contribution in [2.45, 2.75) is 33.4 Å². The van der Waals surface area contributed by atoms with Gasteiger partial charge in [-0.2, -0.15) is 0 Å². The van der Waals surface area contributed by atoms with Crippen molar-refractivity contribution >= 4 is 33.4 Å².